The third-order valence-corrected chi connectivity index (χ3v) is 2.21. The van der Waals surface area contributed by atoms with Crippen molar-refractivity contribution < 1.29 is 27.4 Å². The molecule has 1 atom stereocenters. The molecule has 1 aromatic carbocycles. The molecule has 7 heteroatoms. The molecule has 0 saturated carbocycles. The Balaban J connectivity index is 2.89. The molecule has 1 aromatic rings. The Bertz CT molecular complexity index is 477. The maximum Gasteiger partial charge on any atom is 0.420 e. The fourth-order valence-electron chi connectivity index (χ4n) is 1.03. The lowest BCUT2D eigenvalue weighted by Crippen LogP contribution is -2.47. The molecular formula is C11H9F4NO2. The summed E-state index contributed by atoms with van der Waals surface area (Å²) < 4.78 is 54.8. The molecule has 0 heterocycles. The molecular weight excluding hydrogens is 254 g/mol. The van der Waals surface area contributed by atoms with E-state index in [9.17, 15) is 17.6 Å². The average Bonchev–Trinajstić information content (AvgIpc) is 2.25. The van der Waals surface area contributed by atoms with Crippen LogP contribution in [0.2, 0.25) is 0 Å². The predicted octanol–water partition coefficient (Wildman–Crippen LogP) is 2.39. The molecule has 3 nitrogen and oxygen atoms in total. The largest absolute Gasteiger partial charge is 0.489 e. The molecule has 98 valence electrons. The Hall–Kier alpha value is -1.81. The average molecular weight is 263 g/mol. The van der Waals surface area contributed by atoms with Crippen LogP contribution in [-0.4, -0.2) is 23.5 Å². The van der Waals surface area contributed by atoms with Crippen molar-refractivity contribution in [1.82, 2.24) is 0 Å². The Morgan fingerprint density at radius 3 is 2.50 bits per heavy atom. The van der Waals surface area contributed by atoms with Crippen molar-refractivity contribution in [1.29, 1.82) is 5.26 Å². The monoisotopic (exact) mass is 263 g/mol. The number of ether oxygens (including phenoxy) is 1. The third-order valence-electron chi connectivity index (χ3n) is 2.21. The minimum absolute atomic E-state index is 0.345. The fraction of sp³-hybridized carbons (Fsp3) is 0.364. The molecule has 0 aliphatic carbocycles. The van der Waals surface area contributed by atoms with Crippen molar-refractivity contribution in [2.75, 3.05) is 6.61 Å². The van der Waals surface area contributed by atoms with E-state index < -0.39 is 29.8 Å². The van der Waals surface area contributed by atoms with Crippen LogP contribution in [0.15, 0.2) is 18.2 Å². The zero-order chi connectivity index (χ0) is 14.0. The van der Waals surface area contributed by atoms with Crippen molar-refractivity contribution in [3.05, 3.63) is 29.6 Å². The highest BCUT2D eigenvalue weighted by molar-refractivity contribution is 5.43. The first-order valence-electron chi connectivity index (χ1n) is 4.79. The van der Waals surface area contributed by atoms with Gasteiger partial charge in [-0.1, -0.05) is 6.07 Å². The molecule has 0 saturated heterocycles. The molecule has 18 heavy (non-hydrogen) atoms. The van der Waals surface area contributed by atoms with Gasteiger partial charge in [-0.2, -0.15) is 18.4 Å². The van der Waals surface area contributed by atoms with Gasteiger partial charge in [0.05, 0.1) is 0 Å². The van der Waals surface area contributed by atoms with Crippen LogP contribution in [0.25, 0.3) is 0 Å². The lowest BCUT2D eigenvalue weighted by Gasteiger charge is -2.26. The van der Waals surface area contributed by atoms with Gasteiger partial charge in [0.15, 0.2) is 5.60 Å². The molecule has 1 rings (SSSR count). The van der Waals surface area contributed by atoms with Crippen molar-refractivity contribution in [3.8, 4) is 11.8 Å². The summed E-state index contributed by atoms with van der Waals surface area (Å²) in [6, 6.07) is 4.79. The topological polar surface area (TPSA) is 53.2 Å². The normalized spacial score (nSPS) is 14.7. The van der Waals surface area contributed by atoms with Gasteiger partial charge >= 0.3 is 6.18 Å². The summed E-state index contributed by atoms with van der Waals surface area (Å²) in [6.07, 6.45) is -4.88. The Labute approximate surface area is 100 Å². The van der Waals surface area contributed by atoms with Crippen LogP contribution in [0.3, 0.4) is 0 Å². The van der Waals surface area contributed by atoms with Crippen molar-refractivity contribution >= 4 is 0 Å². The third kappa shape index (κ3) is 2.90. The van der Waals surface area contributed by atoms with Crippen molar-refractivity contribution in [3.63, 3.8) is 0 Å². The van der Waals surface area contributed by atoms with E-state index >= 15 is 0 Å². The number of nitriles is 1. The maximum atomic E-state index is 13.1. The molecule has 0 bridgehead atoms. The molecule has 0 spiro atoms. The summed E-state index contributed by atoms with van der Waals surface area (Å²) in [5.74, 6) is -1.25. The second kappa shape index (κ2) is 4.82. The van der Waals surface area contributed by atoms with Crippen LogP contribution in [0.1, 0.15) is 12.5 Å². The SMILES string of the molecule is CC(O)(COc1cccc(F)c1C#N)C(F)(F)F. The highest BCUT2D eigenvalue weighted by Crippen LogP contribution is 2.31. The summed E-state index contributed by atoms with van der Waals surface area (Å²) in [7, 11) is 0. The number of alkyl halides is 3. The van der Waals surface area contributed by atoms with Gasteiger partial charge < -0.3 is 9.84 Å². The van der Waals surface area contributed by atoms with Crippen LogP contribution in [0, 0.1) is 17.1 Å². The Morgan fingerprint density at radius 2 is 2.00 bits per heavy atom. The van der Waals surface area contributed by atoms with Gasteiger partial charge in [-0.25, -0.2) is 4.39 Å². The zero-order valence-electron chi connectivity index (χ0n) is 9.25. The second-order valence-electron chi connectivity index (χ2n) is 3.79. The lowest BCUT2D eigenvalue weighted by atomic mass is 10.1. The van der Waals surface area contributed by atoms with E-state index in [1.54, 1.807) is 0 Å². The van der Waals surface area contributed by atoms with E-state index in [-0.39, 0.29) is 5.75 Å². The van der Waals surface area contributed by atoms with Gasteiger partial charge in [0.25, 0.3) is 0 Å². The van der Waals surface area contributed by atoms with Gasteiger partial charge in [0.1, 0.15) is 29.8 Å². The van der Waals surface area contributed by atoms with Gasteiger partial charge in [-0.15, -0.1) is 0 Å². The number of halogens is 4. The van der Waals surface area contributed by atoms with Gasteiger partial charge in [-0.05, 0) is 19.1 Å². The summed E-state index contributed by atoms with van der Waals surface area (Å²) in [6.45, 7) is -0.604. The molecule has 0 aliphatic rings. The fourth-order valence-corrected chi connectivity index (χ4v) is 1.03. The van der Waals surface area contributed by atoms with E-state index in [0.717, 1.165) is 12.1 Å². The minimum Gasteiger partial charge on any atom is -0.489 e. The number of nitrogens with zero attached hydrogens (tertiary/aromatic N) is 1. The standard InChI is InChI=1S/C11H9F4NO2/c1-10(17,11(13,14)15)6-18-9-4-2-3-8(12)7(9)5-16/h2-4,17H,6H2,1H3. The molecule has 1 unspecified atom stereocenters. The minimum atomic E-state index is -4.88. The summed E-state index contributed by atoms with van der Waals surface area (Å²) in [5, 5.41) is 17.8. The quantitative estimate of drug-likeness (QED) is 0.852. The summed E-state index contributed by atoms with van der Waals surface area (Å²) >= 11 is 0. The van der Waals surface area contributed by atoms with E-state index in [4.69, 9.17) is 10.4 Å². The first kappa shape index (κ1) is 14.3. The first-order valence-corrected chi connectivity index (χ1v) is 4.79. The van der Waals surface area contributed by atoms with E-state index in [1.807, 2.05) is 0 Å². The molecule has 0 amide bonds. The Morgan fingerprint density at radius 1 is 1.39 bits per heavy atom. The van der Waals surface area contributed by atoms with E-state index in [2.05, 4.69) is 4.74 Å². The van der Waals surface area contributed by atoms with Crippen LogP contribution in [0.4, 0.5) is 17.6 Å². The van der Waals surface area contributed by atoms with Crippen LogP contribution in [0.5, 0.6) is 5.75 Å². The van der Waals surface area contributed by atoms with Gasteiger partial charge in [0, 0.05) is 0 Å². The first-order chi connectivity index (χ1) is 8.19. The van der Waals surface area contributed by atoms with Crippen LogP contribution >= 0.6 is 0 Å². The molecule has 0 aromatic heterocycles. The Kier molecular flexibility index (Phi) is 3.82. The van der Waals surface area contributed by atoms with Crippen LogP contribution < -0.4 is 4.74 Å². The molecule has 0 radical (unpaired) electrons. The lowest BCUT2D eigenvalue weighted by molar-refractivity contribution is -0.260. The van der Waals surface area contributed by atoms with Crippen molar-refractivity contribution in [2.45, 2.75) is 18.7 Å². The van der Waals surface area contributed by atoms with Crippen molar-refractivity contribution in [2.24, 2.45) is 0 Å². The molecule has 1 N–H and O–H groups in total. The molecule has 0 aliphatic heterocycles. The highest BCUT2D eigenvalue weighted by Gasteiger charge is 2.50. The number of hydrogen-bond donors (Lipinski definition) is 1. The smallest absolute Gasteiger partial charge is 0.420 e. The number of aliphatic hydroxyl groups is 1. The maximum absolute atomic E-state index is 13.1. The zero-order valence-corrected chi connectivity index (χ0v) is 9.25. The predicted molar refractivity (Wildman–Crippen MR) is 53.3 cm³/mol. The highest BCUT2D eigenvalue weighted by atomic mass is 19.4. The van der Waals surface area contributed by atoms with E-state index in [0.29, 0.717) is 6.92 Å². The molecule has 0 fully saturated rings. The van der Waals surface area contributed by atoms with Gasteiger partial charge in [0.2, 0.25) is 0 Å². The van der Waals surface area contributed by atoms with Gasteiger partial charge in [-0.3, -0.25) is 0 Å². The summed E-state index contributed by atoms with van der Waals surface area (Å²) in [4.78, 5) is 0. The van der Waals surface area contributed by atoms with E-state index in [1.165, 1.54) is 12.1 Å². The number of hydrogen-bond acceptors (Lipinski definition) is 3. The van der Waals surface area contributed by atoms with Crippen LogP contribution in [-0.2, 0) is 0 Å². The number of rotatable bonds is 3. The number of benzene rings is 1. The second-order valence-corrected chi connectivity index (χ2v) is 3.79. The summed E-state index contributed by atoms with van der Waals surface area (Å²) in [5.41, 5.74) is -3.58.